The van der Waals surface area contributed by atoms with Crippen LogP contribution in [0.1, 0.15) is 33.6 Å². The number of amides is 1. The van der Waals surface area contributed by atoms with Gasteiger partial charge in [-0.25, -0.2) is 0 Å². The summed E-state index contributed by atoms with van der Waals surface area (Å²) in [4.78, 5) is 26.0. The van der Waals surface area contributed by atoms with Crippen LogP contribution in [0.3, 0.4) is 0 Å². The minimum atomic E-state index is -0.796. The molecule has 1 amide bonds. The van der Waals surface area contributed by atoms with Crippen molar-refractivity contribution in [3.05, 3.63) is 0 Å². The minimum Gasteiger partial charge on any atom is -0.480 e. The van der Waals surface area contributed by atoms with Crippen LogP contribution in [-0.4, -0.2) is 58.5 Å². The number of carboxylic acids is 1. The first kappa shape index (κ1) is 14.0. The van der Waals surface area contributed by atoms with Gasteiger partial charge in [0, 0.05) is 25.6 Å². The van der Waals surface area contributed by atoms with E-state index < -0.39 is 5.97 Å². The fourth-order valence-electron chi connectivity index (χ4n) is 2.41. The first-order valence-electron chi connectivity index (χ1n) is 6.15. The zero-order valence-corrected chi connectivity index (χ0v) is 10.8. The number of rotatable bonds is 5. The van der Waals surface area contributed by atoms with Crippen LogP contribution in [0.15, 0.2) is 0 Å². The van der Waals surface area contributed by atoms with Crippen LogP contribution in [0, 0.1) is 0 Å². The van der Waals surface area contributed by atoms with Crippen LogP contribution in [0.5, 0.6) is 0 Å². The van der Waals surface area contributed by atoms with Crippen LogP contribution in [0.4, 0.5) is 0 Å². The average molecular weight is 242 g/mol. The largest absolute Gasteiger partial charge is 0.480 e. The Morgan fingerprint density at radius 3 is 2.59 bits per heavy atom. The van der Waals surface area contributed by atoms with E-state index in [0.29, 0.717) is 6.54 Å². The topological polar surface area (TPSA) is 60.9 Å². The molecule has 0 aromatic rings. The lowest BCUT2D eigenvalue weighted by Gasteiger charge is -2.32. The van der Waals surface area contributed by atoms with Crippen molar-refractivity contribution in [2.75, 3.05) is 19.6 Å². The van der Waals surface area contributed by atoms with Crippen molar-refractivity contribution in [2.24, 2.45) is 0 Å². The van der Waals surface area contributed by atoms with Gasteiger partial charge in [0.05, 0.1) is 6.54 Å². The summed E-state index contributed by atoms with van der Waals surface area (Å²) < 4.78 is 0. The summed E-state index contributed by atoms with van der Waals surface area (Å²) >= 11 is 0. The Morgan fingerprint density at radius 1 is 1.47 bits per heavy atom. The maximum atomic E-state index is 11.5. The zero-order valence-electron chi connectivity index (χ0n) is 10.8. The van der Waals surface area contributed by atoms with Crippen molar-refractivity contribution in [3.63, 3.8) is 0 Å². The molecule has 0 radical (unpaired) electrons. The highest BCUT2D eigenvalue weighted by molar-refractivity contribution is 5.73. The van der Waals surface area contributed by atoms with E-state index in [1.807, 2.05) is 23.6 Å². The van der Waals surface area contributed by atoms with Gasteiger partial charge in [-0.3, -0.25) is 14.5 Å². The fraction of sp³-hybridized carbons (Fsp3) is 0.833. The van der Waals surface area contributed by atoms with Crippen molar-refractivity contribution >= 4 is 11.9 Å². The van der Waals surface area contributed by atoms with Crippen LogP contribution >= 0.6 is 0 Å². The Kier molecular flexibility index (Phi) is 4.93. The summed E-state index contributed by atoms with van der Waals surface area (Å²) in [5, 5.41) is 8.82. The first-order chi connectivity index (χ1) is 7.91. The normalized spacial score (nSPS) is 20.8. The molecule has 5 heteroatoms. The van der Waals surface area contributed by atoms with Gasteiger partial charge in [0.25, 0.3) is 0 Å². The van der Waals surface area contributed by atoms with E-state index in [2.05, 4.69) is 0 Å². The Bertz CT molecular complexity index is 291. The molecule has 1 rings (SSSR count). The molecular weight excluding hydrogens is 220 g/mol. The van der Waals surface area contributed by atoms with Gasteiger partial charge in [0.2, 0.25) is 5.91 Å². The Balaban J connectivity index is 2.59. The van der Waals surface area contributed by atoms with Crippen LogP contribution in [0.25, 0.3) is 0 Å². The quantitative estimate of drug-likeness (QED) is 0.774. The molecule has 1 aliphatic rings. The Labute approximate surface area is 102 Å². The van der Waals surface area contributed by atoms with Gasteiger partial charge in [-0.2, -0.15) is 0 Å². The molecule has 1 fully saturated rings. The van der Waals surface area contributed by atoms with Gasteiger partial charge in [-0.15, -0.1) is 0 Å². The molecule has 1 heterocycles. The molecule has 5 nitrogen and oxygen atoms in total. The second-order valence-electron chi connectivity index (χ2n) is 4.93. The molecule has 0 spiro atoms. The van der Waals surface area contributed by atoms with Crippen LogP contribution < -0.4 is 0 Å². The van der Waals surface area contributed by atoms with Gasteiger partial charge in [0.15, 0.2) is 0 Å². The lowest BCUT2D eigenvalue weighted by Crippen LogP contribution is -2.46. The summed E-state index contributed by atoms with van der Waals surface area (Å²) in [5.41, 5.74) is 0. The molecule has 0 bridgehead atoms. The standard InChI is InChI=1S/C12H22N2O3/c1-9(2)14(10(3)15)7-11-5-4-6-13(11)8-12(16)17/h9,11H,4-8H2,1-3H3,(H,16,17). The molecule has 1 atom stereocenters. The van der Waals surface area contributed by atoms with Gasteiger partial charge < -0.3 is 10.0 Å². The molecule has 1 saturated heterocycles. The van der Waals surface area contributed by atoms with Crippen molar-refractivity contribution in [3.8, 4) is 0 Å². The number of carbonyl (C=O) groups is 2. The van der Waals surface area contributed by atoms with E-state index in [-0.39, 0.29) is 24.5 Å². The van der Waals surface area contributed by atoms with Gasteiger partial charge in [0.1, 0.15) is 0 Å². The molecule has 98 valence electrons. The number of aliphatic carboxylic acids is 1. The second-order valence-corrected chi connectivity index (χ2v) is 4.93. The third kappa shape index (κ3) is 4.00. The third-order valence-electron chi connectivity index (χ3n) is 3.27. The summed E-state index contributed by atoms with van der Waals surface area (Å²) in [6.45, 7) is 7.07. The highest BCUT2D eigenvalue weighted by Crippen LogP contribution is 2.18. The summed E-state index contributed by atoms with van der Waals surface area (Å²) in [6, 6.07) is 0.358. The van der Waals surface area contributed by atoms with Crippen LogP contribution in [-0.2, 0) is 9.59 Å². The molecule has 0 aliphatic carbocycles. The predicted octanol–water partition coefficient (Wildman–Crippen LogP) is 0.792. The molecule has 1 N–H and O–H groups in total. The Morgan fingerprint density at radius 2 is 2.12 bits per heavy atom. The van der Waals surface area contributed by atoms with E-state index in [0.717, 1.165) is 19.4 Å². The third-order valence-corrected chi connectivity index (χ3v) is 3.27. The molecule has 0 saturated carbocycles. The highest BCUT2D eigenvalue weighted by Gasteiger charge is 2.29. The lowest BCUT2D eigenvalue weighted by atomic mass is 10.2. The maximum Gasteiger partial charge on any atom is 0.317 e. The number of likely N-dealkylation sites (tertiary alicyclic amines) is 1. The SMILES string of the molecule is CC(=O)N(CC1CCCN1CC(=O)O)C(C)C. The van der Waals surface area contributed by atoms with Gasteiger partial charge in [-0.05, 0) is 33.2 Å². The second kappa shape index (κ2) is 6.00. The summed E-state index contributed by atoms with van der Waals surface area (Å²) in [6.07, 6.45) is 1.99. The van der Waals surface area contributed by atoms with E-state index in [9.17, 15) is 9.59 Å². The lowest BCUT2D eigenvalue weighted by molar-refractivity contribution is -0.138. The predicted molar refractivity (Wildman–Crippen MR) is 64.8 cm³/mol. The van der Waals surface area contributed by atoms with Crippen molar-refractivity contribution in [1.82, 2.24) is 9.80 Å². The highest BCUT2D eigenvalue weighted by atomic mass is 16.4. The molecule has 0 aromatic carbocycles. The molecule has 17 heavy (non-hydrogen) atoms. The minimum absolute atomic E-state index is 0.0576. The molecule has 1 aliphatic heterocycles. The van der Waals surface area contributed by atoms with Gasteiger partial charge >= 0.3 is 5.97 Å². The first-order valence-corrected chi connectivity index (χ1v) is 6.15. The number of carboxylic acid groups (broad SMARTS) is 1. The fourth-order valence-corrected chi connectivity index (χ4v) is 2.41. The Hall–Kier alpha value is -1.10. The summed E-state index contributed by atoms with van der Waals surface area (Å²) in [7, 11) is 0. The van der Waals surface area contributed by atoms with E-state index in [4.69, 9.17) is 5.11 Å². The van der Waals surface area contributed by atoms with E-state index in [1.165, 1.54) is 0 Å². The zero-order chi connectivity index (χ0) is 13.0. The van der Waals surface area contributed by atoms with E-state index >= 15 is 0 Å². The van der Waals surface area contributed by atoms with Crippen molar-refractivity contribution < 1.29 is 14.7 Å². The number of hydrogen-bond donors (Lipinski definition) is 1. The van der Waals surface area contributed by atoms with Crippen LogP contribution in [0.2, 0.25) is 0 Å². The van der Waals surface area contributed by atoms with Crippen molar-refractivity contribution in [1.29, 1.82) is 0 Å². The number of nitrogens with zero attached hydrogens (tertiary/aromatic N) is 2. The van der Waals surface area contributed by atoms with Crippen molar-refractivity contribution in [2.45, 2.75) is 45.7 Å². The molecular formula is C12H22N2O3. The smallest absolute Gasteiger partial charge is 0.317 e. The monoisotopic (exact) mass is 242 g/mol. The molecule has 0 aromatic heterocycles. The van der Waals surface area contributed by atoms with E-state index in [1.54, 1.807) is 6.92 Å². The number of carbonyl (C=O) groups excluding carboxylic acids is 1. The average Bonchev–Trinajstić information content (AvgIpc) is 2.59. The maximum absolute atomic E-state index is 11.5. The number of hydrogen-bond acceptors (Lipinski definition) is 3. The summed E-state index contributed by atoms with van der Waals surface area (Å²) in [5.74, 6) is -0.738. The van der Waals surface area contributed by atoms with Gasteiger partial charge in [-0.1, -0.05) is 0 Å². The molecule has 1 unspecified atom stereocenters.